The van der Waals surface area contributed by atoms with Gasteiger partial charge in [0.1, 0.15) is 11.6 Å². The number of carbonyl (C=O) groups excluding carboxylic acids is 1. The second-order valence-electron chi connectivity index (χ2n) is 11.0. The summed E-state index contributed by atoms with van der Waals surface area (Å²) in [6, 6.07) is 6.03. The predicted molar refractivity (Wildman–Crippen MR) is 163 cm³/mol. The fraction of sp³-hybridized carbons (Fsp3) is 0.516. The van der Waals surface area contributed by atoms with Gasteiger partial charge in [-0.15, -0.1) is 0 Å². The predicted octanol–water partition coefficient (Wildman–Crippen LogP) is 4.55. The Labute approximate surface area is 248 Å². The number of methoxy groups -OCH3 is 1. The van der Waals surface area contributed by atoms with Gasteiger partial charge in [0.2, 0.25) is 0 Å². The standard InChI is InChI=1S/C31H43ClN6O3/c1-8-19(3)26(30(40)36(4)5)28(32)23-18-38(15-11-14-33-23)29-21-17-37(6)24(16-22(21)34-31(35-29)41-7)27-20(9-2)12-10-13-25(27)39/h10,12-13,24,33,39H,8-9,11,14-18H2,1-7H3/b26-19-,28-23+. The lowest BCUT2D eigenvalue weighted by Crippen LogP contribution is -2.36. The molecule has 0 radical (unpaired) electrons. The number of benzene rings is 1. The van der Waals surface area contributed by atoms with Crippen molar-refractivity contribution >= 4 is 23.3 Å². The number of hydrogen-bond donors (Lipinski definition) is 2. The summed E-state index contributed by atoms with van der Waals surface area (Å²) in [7, 11) is 7.15. The minimum absolute atomic E-state index is 0.0245. The van der Waals surface area contributed by atoms with Crippen molar-refractivity contribution in [3.8, 4) is 11.8 Å². The molecule has 0 aliphatic carbocycles. The quantitative estimate of drug-likeness (QED) is 0.459. The van der Waals surface area contributed by atoms with Gasteiger partial charge in [0.15, 0.2) is 0 Å². The maximum absolute atomic E-state index is 13.1. The van der Waals surface area contributed by atoms with Crippen LogP contribution in [0.5, 0.6) is 11.8 Å². The first-order valence-corrected chi connectivity index (χ1v) is 14.7. The molecule has 1 amide bonds. The van der Waals surface area contributed by atoms with Crippen LogP contribution in [0, 0.1) is 0 Å². The maximum atomic E-state index is 13.1. The van der Waals surface area contributed by atoms with Crippen molar-refractivity contribution < 1.29 is 14.6 Å². The molecule has 10 heteroatoms. The van der Waals surface area contributed by atoms with Crippen LogP contribution in [-0.2, 0) is 24.2 Å². The molecule has 4 rings (SSSR count). The number of anilines is 1. The SMILES string of the molecule is CC/C(C)=C(C(=O)N(C)C)/C(Cl)=C1/CN(c2nc(OC)nc3c2CN(C)C(c2c(O)cccc2CC)C3)CCCN1. The molecule has 1 unspecified atom stereocenters. The van der Waals surface area contributed by atoms with Crippen molar-refractivity contribution in [3.63, 3.8) is 0 Å². The molecule has 222 valence electrons. The molecule has 1 fully saturated rings. The molecule has 1 saturated heterocycles. The van der Waals surface area contributed by atoms with Crippen molar-refractivity contribution in [1.29, 1.82) is 0 Å². The average molecular weight is 583 g/mol. The number of phenolic OH excluding ortho intramolecular Hbond substituents is 1. The van der Waals surface area contributed by atoms with E-state index in [1.165, 1.54) is 0 Å². The van der Waals surface area contributed by atoms with E-state index in [1.54, 1.807) is 32.2 Å². The van der Waals surface area contributed by atoms with Gasteiger partial charge in [0.25, 0.3) is 5.91 Å². The highest BCUT2D eigenvalue weighted by atomic mass is 35.5. The van der Waals surface area contributed by atoms with Gasteiger partial charge in [-0.2, -0.15) is 9.97 Å². The first kappa shape index (κ1) is 30.7. The molecular formula is C31H43ClN6O3. The molecular weight excluding hydrogens is 540 g/mol. The molecule has 0 bridgehead atoms. The Morgan fingerprint density at radius 1 is 1.24 bits per heavy atom. The summed E-state index contributed by atoms with van der Waals surface area (Å²) >= 11 is 7.01. The molecule has 0 saturated carbocycles. The van der Waals surface area contributed by atoms with E-state index in [1.807, 2.05) is 19.9 Å². The highest BCUT2D eigenvalue weighted by Crippen LogP contribution is 2.40. The maximum Gasteiger partial charge on any atom is 0.318 e. The summed E-state index contributed by atoms with van der Waals surface area (Å²) in [6.45, 7) is 8.68. The Balaban J connectivity index is 1.77. The Morgan fingerprint density at radius 2 is 2.00 bits per heavy atom. The van der Waals surface area contributed by atoms with Crippen LogP contribution in [0.3, 0.4) is 0 Å². The molecule has 1 aromatic heterocycles. The van der Waals surface area contributed by atoms with Crippen molar-refractivity contribution in [3.05, 3.63) is 62.5 Å². The largest absolute Gasteiger partial charge is 0.508 e. The summed E-state index contributed by atoms with van der Waals surface area (Å²) in [5.41, 5.74) is 6.34. The number of nitrogens with one attached hydrogen (secondary N) is 1. The van der Waals surface area contributed by atoms with E-state index in [0.29, 0.717) is 41.9 Å². The van der Waals surface area contributed by atoms with Gasteiger partial charge in [-0.3, -0.25) is 9.69 Å². The van der Waals surface area contributed by atoms with Crippen LogP contribution >= 0.6 is 11.6 Å². The molecule has 3 heterocycles. The smallest absolute Gasteiger partial charge is 0.318 e. The van der Waals surface area contributed by atoms with E-state index < -0.39 is 0 Å². The minimum atomic E-state index is -0.108. The lowest BCUT2D eigenvalue weighted by molar-refractivity contribution is -0.124. The fourth-order valence-electron chi connectivity index (χ4n) is 5.67. The van der Waals surface area contributed by atoms with Gasteiger partial charge >= 0.3 is 6.01 Å². The lowest BCUT2D eigenvalue weighted by atomic mass is 9.89. The summed E-state index contributed by atoms with van der Waals surface area (Å²) < 4.78 is 5.57. The third-order valence-corrected chi connectivity index (χ3v) is 8.52. The number of fused-ring (bicyclic) bond motifs is 1. The van der Waals surface area contributed by atoms with Crippen LogP contribution in [-0.4, -0.2) is 78.7 Å². The number of phenols is 1. The van der Waals surface area contributed by atoms with Crippen LogP contribution in [0.4, 0.5) is 5.82 Å². The summed E-state index contributed by atoms with van der Waals surface area (Å²) in [5, 5.41) is 14.8. The highest BCUT2D eigenvalue weighted by Gasteiger charge is 2.34. The second-order valence-corrected chi connectivity index (χ2v) is 11.4. The Hall–Kier alpha value is -3.30. The van der Waals surface area contributed by atoms with E-state index in [9.17, 15) is 9.90 Å². The first-order chi connectivity index (χ1) is 19.6. The van der Waals surface area contributed by atoms with Gasteiger partial charge in [-0.25, -0.2) is 0 Å². The molecule has 0 spiro atoms. The third-order valence-electron chi connectivity index (χ3n) is 8.10. The van der Waals surface area contributed by atoms with Gasteiger partial charge in [-0.1, -0.05) is 43.2 Å². The molecule has 9 nitrogen and oxygen atoms in total. The summed E-state index contributed by atoms with van der Waals surface area (Å²) in [5.74, 6) is 1.02. The molecule has 2 aromatic rings. The normalized spacial score (nSPS) is 19.5. The number of halogens is 1. The molecule has 2 aliphatic rings. The van der Waals surface area contributed by atoms with Gasteiger partial charge < -0.3 is 25.0 Å². The van der Waals surface area contributed by atoms with Crippen LogP contribution in [0.15, 0.2) is 40.1 Å². The number of aromatic nitrogens is 2. The van der Waals surface area contributed by atoms with Crippen molar-refractivity contribution in [2.75, 3.05) is 52.8 Å². The van der Waals surface area contributed by atoms with Crippen LogP contribution in [0.1, 0.15) is 62.0 Å². The topological polar surface area (TPSA) is 94.1 Å². The van der Waals surface area contributed by atoms with Gasteiger partial charge in [0, 0.05) is 57.3 Å². The van der Waals surface area contributed by atoms with Crippen LogP contribution in [0.2, 0.25) is 0 Å². The van der Waals surface area contributed by atoms with Crippen LogP contribution < -0.4 is 15.0 Å². The molecule has 1 aromatic carbocycles. The van der Waals surface area contributed by atoms with E-state index in [2.05, 4.69) is 35.2 Å². The van der Waals surface area contributed by atoms with Crippen molar-refractivity contribution in [2.24, 2.45) is 0 Å². The number of aromatic hydroxyl groups is 1. The zero-order chi connectivity index (χ0) is 29.8. The van der Waals surface area contributed by atoms with Gasteiger partial charge in [-0.05, 0) is 44.9 Å². The number of ether oxygens (including phenoxy) is 1. The molecule has 2 N–H and O–H groups in total. The number of aryl methyl sites for hydroxylation is 1. The average Bonchev–Trinajstić information content (AvgIpc) is 3.22. The summed E-state index contributed by atoms with van der Waals surface area (Å²) in [4.78, 5) is 28.8. The number of nitrogens with zero attached hydrogens (tertiary/aromatic N) is 5. The Bertz CT molecular complexity index is 1360. The molecule has 41 heavy (non-hydrogen) atoms. The first-order valence-electron chi connectivity index (χ1n) is 14.3. The number of carbonyl (C=O) groups is 1. The highest BCUT2D eigenvalue weighted by molar-refractivity contribution is 6.35. The summed E-state index contributed by atoms with van der Waals surface area (Å²) in [6.07, 6.45) is 3.05. The van der Waals surface area contributed by atoms with Crippen molar-refractivity contribution in [1.82, 2.24) is 25.1 Å². The number of allylic oxidation sites excluding steroid dienone is 1. The molecule has 1 atom stereocenters. The number of rotatable bonds is 7. The second kappa shape index (κ2) is 13.1. The van der Waals surface area contributed by atoms with Crippen LogP contribution in [0.25, 0.3) is 0 Å². The fourth-order valence-corrected chi connectivity index (χ4v) is 6.04. The number of likely N-dealkylation sites (N-methyl/N-ethyl adjacent to an activating group) is 2. The zero-order valence-corrected chi connectivity index (χ0v) is 26.1. The van der Waals surface area contributed by atoms with E-state index in [4.69, 9.17) is 26.3 Å². The molecule has 2 aliphatic heterocycles. The van der Waals surface area contributed by atoms with Crippen molar-refractivity contribution in [2.45, 2.75) is 59.0 Å². The third kappa shape index (κ3) is 6.31. The zero-order valence-electron chi connectivity index (χ0n) is 25.3. The Morgan fingerprint density at radius 3 is 2.66 bits per heavy atom. The minimum Gasteiger partial charge on any atom is -0.508 e. The number of amides is 1. The van der Waals surface area contributed by atoms with E-state index in [0.717, 1.165) is 71.8 Å². The monoisotopic (exact) mass is 582 g/mol. The number of hydrogen-bond acceptors (Lipinski definition) is 8. The van der Waals surface area contributed by atoms with Gasteiger partial charge in [0.05, 0.1) is 35.7 Å². The van der Waals surface area contributed by atoms with E-state index >= 15 is 0 Å². The Kier molecular flexibility index (Phi) is 9.81. The van der Waals surface area contributed by atoms with E-state index in [-0.39, 0.29) is 11.9 Å². The lowest BCUT2D eigenvalue weighted by Gasteiger charge is -2.37.